The summed E-state index contributed by atoms with van der Waals surface area (Å²) in [5.41, 5.74) is 1.92. The first-order valence-corrected chi connectivity index (χ1v) is 17.1. The highest BCUT2D eigenvalue weighted by Gasteiger charge is 2.63. The Labute approximate surface area is 234 Å². The summed E-state index contributed by atoms with van der Waals surface area (Å²) in [5, 5.41) is 6.40. The van der Waals surface area contributed by atoms with Gasteiger partial charge in [-0.25, -0.2) is 9.80 Å². The van der Waals surface area contributed by atoms with E-state index in [1.165, 1.54) is 5.01 Å². The maximum absolute atomic E-state index is 13.6. The average molecular weight is 563 g/mol. The van der Waals surface area contributed by atoms with E-state index in [1.807, 2.05) is 37.3 Å². The number of nitrogens with zero attached hydrogens (tertiary/aromatic N) is 3. The molecule has 4 aliphatic rings. The van der Waals surface area contributed by atoms with Gasteiger partial charge in [-0.2, -0.15) is 10.1 Å². The SMILES string of the molecule is CC1=C[C@H]2N(C(=O)c3ccccc3)O[C@H]1[C@H]1[C@@H](NC(=O)Cc3ccccc3)C(=O)N1N2C(=O)OCC[Si](C)(C)C. The van der Waals surface area contributed by atoms with Gasteiger partial charge in [0.05, 0.1) is 13.0 Å². The molecule has 0 spiro atoms. The van der Waals surface area contributed by atoms with Crippen molar-refractivity contribution in [3.63, 3.8) is 0 Å². The number of fused-ring (bicyclic) bond motifs is 1. The number of hydrogen-bond donors (Lipinski definition) is 1. The van der Waals surface area contributed by atoms with Crippen LogP contribution in [0.2, 0.25) is 25.7 Å². The van der Waals surface area contributed by atoms with Gasteiger partial charge in [0.15, 0.2) is 6.17 Å². The van der Waals surface area contributed by atoms with Gasteiger partial charge in [-0.15, -0.1) is 0 Å². The van der Waals surface area contributed by atoms with E-state index in [4.69, 9.17) is 9.57 Å². The van der Waals surface area contributed by atoms with Gasteiger partial charge in [-0.05, 0) is 42.3 Å². The molecule has 0 aromatic heterocycles. The van der Waals surface area contributed by atoms with Crippen LogP contribution in [0.5, 0.6) is 0 Å². The van der Waals surface area contributed by atoms with Crippen LogP contribution < -0.4 is 5.32 Å². The molecule has 4 heterocycles. The second-order valence-corrected chi connectivity index (χ2v) is 17.1. The number of benzene rings is 2. The van der Waals surface area contributed by atoms with Crippen molar-refractivity contribution in [2.45, 2.75) is 63.4 Å². The molecule has 0 aliphatic carbocycles. The van der Waals surface area contributed by atoms with E-state index in [0.717, 1.165) is 27.3 Å². The number of rotatable bonds is 7. The molecule has 0 unspecified atom stereocenters. The number of β-lactam (4-membered cyclic amide) rings is 1. The fraction of sp³-hybridized carbons (Fsp3) is 0.379. The van der Waals surface area contributed by atoms with E-state index in [0.29, 0.717) is 5.56 Å². The van der Waals surface area contributed by atoms with Crippen molar-refractivity contribution in [3.8, 4) is 0 Å². The van der Waals surface area contributed by atoms with Crippen LogP contribution in [-0.2, 0) is 25.6 Å². The predicted octanol–water partition coefficient (Wildman–Crippen LogP) is 3.36. The monoisotopic (exact) mass is 562 g/mol. The molecule has 2 bridgehead atoms. The summed E-state index contributed by atoms with van der Waals surface area (Å²) < 4.78 is 5.65. The van der Waals surface area contributed by atoms with Crippen molar-refractivity contribution in [1.29, 1.82) is 0 Å². The lowest BCUT2D eigenvalue weighted by molar-refractivity contribution is -0.185. The van der Waals surface area contributed by atoms with Gasteiger partial charge >= 0.3 is 6.09 Å². The van der Waals surface area contributed by atoms with Crippen molar-refractivity contribution < 1.29 is 28.8 Å². The fourth-order valence-electron chi connectivity index (χ4n) is 5.08. The standard InChI is InChI=1S/C29H34N4O6Si/c1-19-17-23-31(29(37)38-15-16-40(2,3)4)32-25(26(19)39-33(23)27(35)21-13-9-6-10-14-21)24(28(32)36)30-22(34)18-20-11-7-5-8-12-20/h5-14,17,23-26H,15-16,18H2,1-4H3,(H,30,34)/t23-,24-,25-,26-/m1/s1. The minimum Gasteiger partial charge on any atom is -0.448 e. The third-order valence-corrected chi connectivity index (χ3v) is 8.95. The molecule has 10 nitrogen and oxygen atoms in total. The Morgan fingerprint density at radius 1 is 1.00 bits per heavy atom. The van der Waals surface area contributed by atoms with Crippen molar-refractivity contribution in [2.75, 3.05) is 6.61 Å². The van der Waals surface area contributed by atoms with Crippen molar-refractivity contribution in [3.05, 3.63) is 83.4 Å². The van der Waals surface area contributed by atoms with Gasteiger partial charge in [0.2, 0.25) is 5.91 Å². The molecule has 2 aromatic rings. The molecule has 2 aromatic carbocycles. The lowest BCUT2D eigenvalue weighted by Gasteiger charge is -2.50. The van der Waals surface area contributed by atoms with Gasteiger partial charge in [0.1, 0.15) is 18.2 Å². The molecular weight excluding hydrogens is 528 g/mol. The summed E-state index contributed by atoms with van der Waals surface area (Å²) in [5.74, 6) is -1.26. The van der Waals surface area contributed by atoms with E-state index in [1.54, 1.807) is 36.4 Å². The van der Waals surface area contributed by atoms with Crippen LogP contribution in [0.4, 0.5) is 4.79 Å². The van der Waals surface area contributed by atoms with Crippen LogP contribution >= 0.6 is 0 Å². The van der Waals surface area contributed by atoms with Gasteiger partial charge in [-0.1, -0.05) is 68.2 Å². The second-order valence-electron chi connectivity index (χ2n) is 11.5. The molecule has 11 heteroatoms. The lowest BCUT2D eigenvalue weighted by Crippen LogP contribution is -2.78. The van der Waals surface area contributed by atoms with Crippen LogP contribution in [-0.4, -0.2) is 77.9 Å². The highest BCUT2D eigenvalue weighted by Crippen LogP contribution is 2.40. The number of amides is 4. The molecular formula is C29H34N4O6Si. The molecule has 2 fully saturated rings. The van der Waals surface area contributed by atoms with Crippen LogP contribution in [0.25, 0.3) is 0 Å². The minimum atomic E-state index is -1.50. The van der Waals surface area contributed by atoms with Gasteiger partial charge in [0, 0.05) is 13.6 Å². The quantitative estimate of drug-likeness (QED) is 0.315. The van der Waals surface area contributed by atoms with E-state index >= 15 is 0 Å². The summed E-state index contributed by atoms with van der Waals surface area (Å²) >= 11 is 0. The fourth-order valence-corrected chi connectivity index (χ4v) is 5.79. The second kappa shape index (κ2) is 10.9. The first-order valence-electron chi connectivity index (χ1n) is 13.4. The van der Waals surface area contributed by atoms with Crippen molar-refractivity contribution in [2.24, 2.45) is 0 Å². The van der Waals surface area contributed by atoms with Crippen LogP contribution in [0.15, 0.2) is 72.3 Å². The lowest BCUT2D eigenvalue weighted by atomic mass is 9.88. The van der Waals surface area contributed by atoms with Gasteiger partial charge in [-0.3, -0.25) is 19.2 Å². The molecule has 2 saturated heterocycles. The number of carbonyl (C=O) groups is 4. The third kappa shape index (κ3) is 5.39. The Kier molecular flexibility index (Phi) is 7.52. The number of nitrogens with one attached hydrogen (secondary N) is 1. The Balaban J connectivity index is 1.44. The first-order chi connectivity index (χ1) is 19.0. The van der Waals surface area contributed by atoms with E-state index in [2.05, 4.69) is 25.0 Å². The van der Waals surface area contributed by atoms with E-state index in [9.17, 15) is 19.2 Å². The topological polar surface area (TPSA) is 108 Å². The summed E-state index contributed by atoms with van der Waals surface area (Å²) in [6, 6.07) is 16.9. The maximum Gasteiger partial charge on any atom is 0.431 e. The highest BCUT2D eigenvalue weighted by molar-refractivity contribution is 6.76. The number of hydroxylamine groups is 2. The minimum absolute atomic E-state index is 0.0986. The normalized spacial score (nSPS) is 23.6. The highest BCUT2D eigenvalue weighted by atomic mass is 28.3. The molecule has 210 valence electrons. The number of hydrogen-bond acceptors (Lipinski definition) is 6. The molecule has 1 N–H and O–H groups in total. The molecule has 0 radical (unpaired) electrons. The molecule has 6 rings (SSSR count). The zero-order valence-electron chi connectivity index (χ0n) is 23.1. The zero-order valence-corrected chi connectivity index (χ0v) is 24.1. The number of ether oxygens (including phenoxy) is 1. The molecule has 4 aliphatic heterocycles. The Morgan fingerprint density at radius 3 is 2.30 bits per heavy atom. The third-order valence-electron chi connectivity index (χ3n) is 7.25. The van der Waals surface area contributed by atoms with E-state index < -0.39 is 50.3 Å². The number of carbonyl (C=O) groups excluding carboxylic acids is 4. The summed E-state index contributed by atoms with van der Waals surface area (Å²) in [6.45, 7) is 8.54. The average Bonchev–Trinajstić information content (AvgIpc) is 3.12. The van der Waals surface area contributed by atoms with Crippen molar-refractivity contribution in [1.82, 2.24) is 20.4 Å². The largest absolute Gasteiger partial charge is 0.448 e. The van der Waals surface area contributed by atoms with Gasteiger partial charge in [0.25, 0.3) is 11.8 Å². The Morgan fingerprint density at radius 2 is 1.65 bits per heavy atom. The molecule has 40 heavy (non-hydrogen) atoms. The zero-order chi connectivity index (χ0) is 28.6. The summed E-state index contributed by atoms with van der Waals surface area (Å²) in [6.07, 6.45) is -0.719. The van der Waals surface area contributed by atoms with Gasteiger partial charge < -0.3 is 10.1 Å². The van der Waals surface area contributed by atoms with E-state index in [-0.39, 0.29) is 18.9 Å². The Bertz CT molecular complexity index is 1330. The maximum atomic E-state index is 13.6. The first kappa shape index (κ1) is 27.6. The van der Waals surface area contributed by atoms with Crippen LogP contribution in [0.1, 0.15) is 22.8 Å². The number of hydrazine groups is 1. The van der Waals surface area contributed by atoms with Crippen LogP contribution in [0, 0.1) is 0 Å². The molecule has 4 atom stereocenters. The Hall–Kier alpha value is -3.96. The molecule has 0 saturated carbocycles. The summed E-state index contributed by atoms with van der Waals surface area (Å²) in [7, 11) is -1.50. The predicted molar refractivity (Wildman–Crippen MR) is 149 cm³/mol. The molecule has 4 amide bonds. The summed E-state index contributed by atoms with van der Waals surface area (Å²) in [4.78, 5) is 59.8. The smallest absolute Gasteiger partial charge is 0.431 e. The van der Waals surface area contributed by atoms with Crippen LogP contribution in [0.3, 0.4) is 0 Å². The van der Waals surface area contributed by atoms with Crippen molar-refractivity contribution >= 4 is 31.9 Å².